The Morgan fingerprint density at radius 3 is 2.62 bits per heavy atom. The number of nitrogens with zero attached hydrogens (tertiary/aromatic N) is 1. The van der Waals surface area contributed by atoms with Gasteiger partial charge in [-0.15, -0.1) is 11.3 Å². The summed E-state index contributed by atoms with van der Waals surface area (Å²) in [4.78, 5) is 5.22. The Balaban J connectivity index is 2.57. The zero-order valence-electron chi connectivity index (χ0n) is 9.69. The fourth-order valence-electron chi connectivity index (χ4n) is 1.75. The highest BCUT2D eigenvalue weighted by atomic mass is 32.1. The van der Waals surface area contributed by atoms with Crippen molar-refractivity contribution in [2.75, 3.05) is 0 Å². The number of phenols is 1. The first-order valence-corrected chi connectivity index (χ1v) is 6.20. The Bertz CT molecular complexity index is 489. The number of benzene rings is 1. The van der Waals surface area contributed by atoms with Crippen molar-refractivity contribution in [1.29, 1.82) is 0 Å². The maximum atomic E-state index is 9.98. The van der Waals surface area contributed by atoms with Crippen molar-refractivity contribution in [2.24, 2.45) is 0 Å². The highest BCUT2D eigenvalue weighted by molar-refractivity contribution is 7.13. The molecule has 0 amide bonds. The van der Waals surface area contributed by atoms with E-state index in [1.54, 1.807) is 11.3 Å². The van der Waals surface area contributed by atoms with Crippen LogP contribution < -0.4 is 0 Å². The summed E-state index contributed by atoms with van der Waals surface area (Å²) in [6.07, 6.45) is 1.86. The van der Waals surface area contributed by atoms with Gasteiger partial charge in [-0.05, 0) is 41.7 Å². The molecule has 1 aromatic carbocycles. The van der Waals surface area contributed by atoms with Crippen LogP contribution in [0, 0.1) is 6.92 Å². The molecule has 84 valence electrons. The Morgan fingerprint density at radius 1 is 1.31 bits per heavy atom. The van der Waals surface area contributed by atoms with Gasteiger partial charge in [0.15, 0.2) is 0 Å². The predicted octanol–water partition coefficient (Wildman–Crippen LogP) is 3.95. The van der Waals surface area contributed by atoms with Crippen molar-refractivity contribution in [3.05, 3.63) is 35.0 Å². The maximum Gasteiger partial charge on any atom is 0.121 e. The number of phenolic OH excluding ortho intramolecular Hbond substituents is 1. The molecule has 3 heteroatoms. The van der Waals surface area contributed by atoms with E-state index in [4.69, 9.17) is 0 Å². The molecule has 0 aliphatic carbocycles. The van der Waals surface area contributed by atoms with Crippen LogP contribution in [0.2, 0.25) is 0 Å². The van der Waals surface area contributed by atoms with E-state index >= 15 is 0 Å². The molecule has 0 spiro atoms. The second-order valence-electron chi connectivity index (χ2n) is 4.25. The van der Waals surface area contributed by atoms with Crippen LogP contribution in [0.4, 0.5) is 0 Å². The Kier molecular flexibility index (Phi) is 2.97. The summed E-state index contributed by atoms with van der Waals surface area (Å²) >= 11 is 1.62. The molecular weight excluding hydrogens is 218 g/mol. The number of hydrogen-bond donors (Lipinski definition) is 1. The molecule has 0 radical (unpaired) electrons. The molecule has 0 aliphatic heterocycles. The average Bonchev–Trinajstić information content (AvgIpc) is 2.74. The maximum absolute atomic E-state index is 9.98. The molecule has 0 fully saturated rings. The molecule has 0 bridgehead atoms. The largest absolute Gasteiger partial charge is 0.507 e. The summed E-state index contributed by atoms with van der Waals surface area (Å²) in [7, 11) is 0. The summed E-state index contributed by atoms with van der Waals surface area (Å²) in [6, 6.07) is 4.06. The monoisotopic (exact) mass is 233 g/mol. The smallest absolute Gasteiger partial charge is 0.121 e. The molecular formula is C13H15NOS. The molecule has 2 aromatic rings. The lowest BCUT2D eigenvalue weighted by atomic mass is 9.96. The van der Waals surface area contributed by atoms with Crippen LogP contribution in [0.3, 0.4) is 0 Å². The van der Waals surface area contributed by atoms with Crippen LogP contribution >= 0.6 is 11.3 Å². The Morgan fingerprint density at radius 2 is 2.06 bits per heavy atom. The van der Waals surface area contributed by atoms with Crippen LogP contribution in [-0.4, -0.2) is 10.1 Å². The average molecular weight is 233 g/mol. The minimum atomic E-state index is 0.326. The molecule has 1 aromatic heterocycles. The molecule has 1 N–H and O–H groups in total. The van der Waals surface area contributed by atoms with Gasteiger partial charge in [-0.25, -0.2) is 0 Å². The SMILES string of the molecule is Cc1cc(-c2cncs2)cc(C(C)C)c1O. The van der Waals surface area contributed by atoms with Gasteiger partial charge in [0.1, 0.15) is 5.75 Å². The second kappa shape index (κ2) is 4.26. The minimum Gasteiger partial charge on any atom is -0.507 e. The fraction of sp³-hybridized carbons (Fsp3) is 0.308. The first-order chi connectivity index (χ1) is 7.59. The molecule has 2 nitrogen and oxygen atoms in total. The van der Waals surface area contributed by atoms with Crippen molar-refractivity contribution in [3.63, 3.8) is 0 Å². The van der Waals surface area contributed by atoms with E-state index in [-0.39, 0.29) is 0 Å². The zero-order valence-corrected chi connectivity index (χ0v) is 10.5. The van der Waals surface area contributed by atoms with Crippen molar-refractivity contribution in [2.45, 2.75) is 26.7 Å². The third-order valence-electron chi connectivity index (χ3n) is 2.67. The number of aromatic hydroxyl groups is 1. The lowest BCUT2D eigenvalue weighted by molar-refractivity contribution is 0.461. The van der Waals surface area contributed by atoms with Gasteiger partial charge in [-0.1, -0.05) is 13.8 Å². The number of thiazole rings is 1. The highest BCUT2D eigenvalue weighted by Crippen LogP contribution is 2.34. The van der Waals surface area contributed by atoms with E-state index in [0.29, 0.717) is 11.7 Å². The topological polar surface area (TPSA) is 33.1 Å². The van der Waals surface area contributed by atoms with Crippen molar-refractivity contribution >= 4 is 11.3 Å². The number of hydrogen-bond acceptors (Lipinski definition) is 3. The van der Waals surface area contributed by atoms with Crippen LogP contribution in [-0.2, 0) is 0 Å². The summed E-state index contributed by atoms with van der Waals surface area (Å²) in [5.74, 6) is 0.745. The van der Waals surface area contributed by atoms with Crippen LogP contribution in [0.25, 0.3) is 10.4 Å². The molecule has 0 unspecified atom stereocenters. The number of rotatable bonds is 2. The fourth-order valence-corrected chi connectivity index (χ4v) is 2.36. The van der Waals surface area contributed by atoms with E-state index < -0.39 is 0 Å². The number of aromatic nitrogens is 1. The first-order valence-electron chi connectivity index (χ1n) is 5.32. The molecule has 2 rings (SSSR count). The van der Waals surface area contributed by atoms with Gasteiger partial charge in [0.05, 0.1) is 10.4 Å². The molecule has 0 aliphatic rings. The van der Waals surface area contributed by atoms with Gasteiger partial charge in [-0.2, -0.15) is 0 Å². The lowest BCUT2D eigenvalue weighted by Crippen LogP contribution is -1.91. The quantitative estimate of drug-likeness (QED) is 0.852. The zero-order chi connectivity index (χ0) is 11.7. The Labute approximate surface area is 99.6 Å². The van der Waals surface area contributed by atoms with Gasteiger partial charge in [0.25, 0.3) is 0 Å². The molecule has 0 atom stereocenters. The van der Waals surface area contributed by atoms with Gasteiger partial charge >= 0.3 is 0 Å². The van der Waals surface area contributed by atoms with E-state index in [1.165, 1.54) is 0 Å². The van der Waals surface area contributed by atoms with Crippen LogP contribution in [0.15, 0.2) is 23.8 Å². The van der Waals surface area contributed by atoms with Gasteiger partial charge in [0, 0.05) is 6.20 Å². The van der Waals surface area contributed by atoms with Crippen molar-refractivity contribution < 1.29 is 5.11 Å². The van der Waals surface area contributed by atoms with Gasteiger partial charge < -0.3 is 5.11 Å². The summed E-state index contributed by atoms with van der Waals surface area (Å²) in [5, 5.41) is 9.98. The molecule has 16 heavy (non-hydrogen) atoms. The summed E-state index contributed by atoms with van der Waals surface area (Å²) < 4.78 is 0. The standard InChI is InChI=1S/C13H15NOS/c1-8(2)11-5-10(4-9(3)13(11)15)12-6-14-7-16-12/h4-8,15H,1-3H3. The lowest BCUT2D eigenvalue weighted by Gasteiger charge is -2.12. The van der Waals surface area contributed by atoms with E-state index in [0.717, 1.165) is 21.6 Å². The summed E-state index contributed by atoms with van der Waals surface area (Å²) in [5.41, 5.74) is 4.89. The second-order valence-corrected chi connectivity index (χ2v) is 5.14. The predicted molar refractivity (Wildman–Crippen MR) is 68.0 cm³/mol. The molecule has 0 saturated heterocycles. The first kappa shape index (κ1) is 11.1. The van der Waals surface area contributed by atoms with Crippen molar-refractivity contribution in [3.8, 4) is 16.2 Å². The molecule has 1 heterocycles. The van der Waals surface area contributed by atoms with Gasteiger partial charge in [-0.3, -0.25) is 4.98 Å². The third kappa shape index (κ3) is 1.95. The summed E-state index contributed by atoms with van der Waals surface area (Å²) in [6.45, 7) is 6.11. The van der Waals surface area contributed by atoms with E-state index in [9.17, 15) is 5.11 Å². The van der Waals surface area contributed by atoms with E-state index in [2.05, 4.69) is 24.9 Å². The van der Waals surface area contributed by atoms with Gasteiger partial charge in [0.2, 0.25) is 0 Å². The van der Waals surface area contributed by atoms with Crippen LogP contribution in [0.1, 0.15) is 30.9 Å². The molecule has 0 saturated carbocycles. The number of aryl methyl sites for hydroxylation is 1. The van der Waals surface area contributed by atoms with Crippen LogP contribution in [0.5, 0.6) is 5.75 Å². The highest BCUT2D eigenvalue weighted by Gasteiger charge is 2.11. The Hall–Kier alpha value is -1.35. The normalized spacial score (nSPS) is 11.0. The van der Waals surface area contributed by atoms with Crippen molar-refractivity contribution in [1.82, 2.24) is 4.98 Å². The third-order valence-corrected chi connectivity index (χ3v) is 3.49. The minimum absolute atomic E-state index is 0.326. The van der Waals surface area contributed by atoms with E-state index in [1.807, 2.05) is 24.7 Å².